The number of nitrogens with zero attached hydrogens (tertiary/aromatic N) is 3. The number of nitrogens with one attached hydrogen (secondary N) is 1. The molecule has 174 valence electrons. The summed E-state index contributed by atoms with van der Waals surface area (Å²) in [7, 11) is -1.93. The first kappa shape index (κ1) is 23.4. The Hall–Kier alpha value is -2.75. The number of hydrazone groups is 1. The Balaban J connectivity index is 1.50. The van der Waals surface area contributed by atoms with E-state index in [2.05, 4.69) is 29.4 Å². The van der Waals surface area contributed by atoms with Crippen molar-refractivity contribution in [1.29, 1.82) is 0 Å². The van der Waals surface area contributed by atoms with E-state index < -0.39 is 10.0 Å². The first-order valence-electron chi connectivity index (χ1n) is 10.8. The molecule has 9 heteroatoms. The average molecular weight is 485 g/mol. The lowest BCUT2D eigenvalue weighted by atomic mass is 9.94. The maximum Gasteiger partial charge on any atom is 0.243 e. The van der Waals surface area contributed by atoms with Gasteiger partial charge in [-0.25, -0.2) is 13.4 Å². The topological polar surface area (TPSA) is 83.9 Å². The van der Waals surface area contributed by atoms with Crippen molar-refractivity contribution in [1.82, 2.24) is 9.29 Å². The van der Waals surface area contributed by atoms with Gasteiger partial charge >= 0.3 is 0 Å². The molecule has 0 saturated carbocycles. The fourth-order valence-corrected chi connectivity index (χ4v) is 6.55. The first-order chi connectivity index (χ1) is 15.9. The van der Waals surface area contributed by atoms with E-state index in [4.69, 9.17) is 4.74 Å². The smallest absolute Gasteiger partial charge is 0.243 e. The van der Waals surface area contributed by atoms with Crippen LogP contribution >= 0.6 is 11.3 Å². The number of hydrogen-bond donors (Lipinski definition) is 1. The second-order valence-electron chi connectivity index (χ2n) is 8.45. The predicted molar refractivity (Wildman–Crippen MR) is 133 cm³/mol. The molecule has 7 nitrogen and oxygen atoms in total. The number of methoxy groups -OCH3 is 1. The molecule has 1 saturated heterocycles. The summed E-state index contributed by atoms with van der Waals surface area (Å²) < 4.78 is 33.5. The van der Waals surface area contributed by atoms with Crippen molar-refractivity contribution >= 4 is 32.7 Å². The average Bonchev–Trinajstić information content (AvgIpc) is 3.28. The molecule has 2 unspecified atom stereocenters. The van der Waals surface area contributed by atoms with E-state index in [0.29, 0.717) is 40.6 Å². The highest BCUT2D eigenvalue weighted by Crippen LogP contribution is 2.30. The van der Waals surface area contributed by atoms with Gasteiger partial charge in [0.1, 0.15) is 5.75 Å². The standard InChI is InChI=1S/C24H28N4O3S2/c1-17-11-18(2)15-28(14-17)33(29,30)21-9-6-8-19(12-21)22-16-32-24(26-22)27-25-13-20-7-4-5-10-23(20)31-3/h4-10,12-13,16-18H,11,14-15H2,1-3H3,(H,26,27)/b25-13+. The highest BCUT2D eigenvalue weighted by molar-refractivity contribution is 7.89. The van der Waals surface area contributed by atoms with Crippen LogP contribution in [0.4, 0.5) is 5.13 Å². The van der Waals surface area contributed by atoms with E-state index in [1.807, 2.05) is 35.7 Å². The van der Waals surface area contributed by atoms with Gasteiger partial charge in [0.15, 0.2) is 0 Å². The van der Waals surface area contributed by atoms with Crippen LogP contribution < -0.4 is 10.2 Å². The number of piperidine rings is 1. The molecule has 2 aromatic carbocycles. The molecule has 1 fully saturated rings. The zero-order chi connectivity index (χ0) is 23.4. The highest BCUT2D eigenvalue weighted by atomic mass is 32.2. The van der Waals surface area contributed by atoms with Gasteiger partial charge in [-0.2, -0.15) is 9.41 Å². The molecule has 0 bridgehead atoms. The van der Waals surface area contributed by atoms with Crippen molar-refractivity contribution in [3.8, 4) is 17.0 Å². The summed E-state index contributed by atoms with van der Waals surface area (Å²) in [5.41, 5.74) is 5.24. The number of hydrogen-bond acceptors (Lipinski definition) is 7. The van der Waals surface area contributed by atoms with Gasteiger partial charge in [-0.3, -0.25) is 5.43 Å². The van der Waals surface area contributed by atoms with Crippen molar-refractivity contribution in [2.75, 3.05) is 25.6 Å². The summed E-state index contributed by atoms with van der Waals surface area (Å²) in [5.74, 6) is 1.45. The number of ether oxygens (including phenoxy) is 1. The number of rotatable bonds is 7. The van der Waals surface area contributed by atoms with Crippen LogP contribution in [0.2, 0.25) is 0 Å². The van der Waals surface area contributed by atoms with Gasteiger partial charge in [-0.1, -0.05) is 38.1 Å². The van der Waals surface area contributed by atoms with E-state index in [0.717, 1.165) is 23.3 Å². The molecular formula is C24H28N4O3S2. The third-order valence-corrected chi connectivity index (χ3v) is 8.18. The van der Waals surface area contributed by atoms with Crippen molar-refractivity contribution in [2.45, 2.75) is 25.2 Å². The van der Waals surface area contributed by atoms with Crippen LogP contribution in [-0.2, 0) is 10.0 Å². The molecule has 0 spiro atoms. The molecule has 4 rings (SSSR count). The van der Waals surface area contributed by atoms with Crippen LogP contribution in [0.5, 0.6) is 5.75 Å². The Bertz CT molecular complexity index is 1230. The Morgan fingerprint density at radius 2 is 1.91 bits per heavy atom. The van der Waals surface area contributed by atoms with Crippen molar-refractivity contribution < 1.29 is 13.2 Å². The van der Waals surface area contributed by atoms with E-state index in [1.54, 1.807) is 35.8 Å². The number of para-hydroxylation sites is 1. The Kier molecular flexibility index (Phi) is 7.11. The largest absolute Gasteiger partial charge is 0.496 e. The summed E-state index contributed by atoms with van der Waals surface area (Å²) in [6, 6.07) is 14.6. The molecule has 2 atom stereocenters. The molecule has 1 N–H and O–H groups in total. The first-order valence-corrected chi connectivity index (χ1v) is 13.2. The number of thiazole rings is 1. The fourth-order valence-electron chi connectivity index (χ4n) is 4.15. The number of sulfonamides is 1. The van der Waals surface area contributed by atoms with Crippen LogP contribution in [0.15, 0.2) is 63.9 Å². The maximum atomic E-state index is 13.3. The molecule has 3 aromatic rings. The van der Waals surface area contributed by atoms with Gasteiger partial charge in [-0.05, 0) is 42.5 Å². The molecule has 1 aliphatic rings. The second-order valence-corrected chi connectivity index (χ2v) is 11.2. The molecule has 33 heavy (non-hydrogen) atoms. The number of benzene rings is 2. The lowest BCUT2D eigenvalue weighted by Gasteiger charge is -2.34. The second kappa shape index (κ2) is 10.0. The summed E-state index contributed by atoms with van der Waals surface area (Å²) in [6.45, 7) is 5.33. The maximum absolute atomic E-state index is 13.3. The van der Waals surface area contributed by atoms with E-state index >= 15 is 0 Å². The van der Waals surface area contributed by atoms with Gasteiger partial charge < -0.3 is 4.74 Å². The highest BCUT2D eigenvalue weighted by Gasteiger charge is 2.31. The third kappa shape index (κ3) is 5.43. The molecule has 1 aromatic heterocycles. The molecule has 1 aliphatic heterocycles. The molecule has 0 amide bonds. The molecule has 2 heterocycles. The van der Waals surface area contributed by atoms with Crippen LogP contribution in [0, 0.1) is 11.8 Å². The Morgan fingerprint density at radius 1 is 1.15 bits per heavy atom. The quantitative estimate of drug-likeness (QED) is 0.380. The SMILES string of the molecule is COc1ccccc1/C=N/Nc1nc(-c2cccc(S(=O)(=O)N3CC(C)CC(C)C3)c2)cs1. The zero-order valence-electron chi connectivity index (χ0n) is 18.9. The summed E-state index contributed by atoms with van der Waals surface area (Å²) in [4.78, 5) is 4.87. The Morgan fingerprint density at radius 3 is 2.67 bits per heavy atom. The minimum Gasteiger partial charge on any atom is -0.496 e. The van der Waals surface area contributed by atoms with Crippen LogP contribution in [0.25, 0.3) is 11.3 Å². The lowest BCUT2D eigenvalue weighted by molar-refractivity contribution is 0.222. The van der Waals surface area contributed by atoms with E-state index in [9.17, 15) is 8.42 Å². The predicted octanol–water partition coefficient (Wildman–Crippen LogP) is 4.93. The fraction of sp³-hybridized carbons (Fsp3) is 0.333. The van der Waals surface area contributed by atoms with E-state index in [1.165, 1.54) is 11.3 Å². The lowest BCUT2D eigenvalue weighted by Crippen LogP contribution is -2.42. The van der Waals surface area contributed by atoms with Crippen LogP contribution in [-0.4, -0.2) is 44.1 Å². The number of aromatic nitrogens is 1. The monoisotopic (exact) mass is 484 g/mol. The van der Waals surface area contributed by atoms with Crippen molar-refractivity contribution in [3.05, 3.63) is 59.5 Å². The number of anilines is 1. The zero-order valence-corrected chi connectivity index (χ0v) is 20.6. The van der Waals surface area contributed by atoms with Gasteiger partial charge in [0.2, 0.25) is 15.2 Å². The Labute approximate surface area is 199 Å². The molecular weight excluding hydrogens is 456 g/mol. The summed E-state index contributed by atoms with van der Waals surface area (Å²) >= 11 is 1.40. The minimum absolute atomic E-state index is 0.304. The van der Waals surface area contributed by atoms with Crippen molar-refractivity contribution in [2.24, 2.45) is 16.9 Å². The van der Waals surface area contributed by atoms with Crippen molar-refractivity contribution in [3.63, 3.8) is 0 Å². The van der Waals surface area contributed by atoms with Gasteiger partial charge in [0.25, 0.3) is 0 Å². The van der Waals surface area contributed by atoms with Gasteiger partial charge in [0, 0.05) is 29.6 Å². The van der Waals surface area contributed by atoms with Gasteiger partial charge in [0.05, 0.1) is 23.9 Å². The normalized spacial score (nSPS) is 19.6. The van der Waals surface area contributed by atoms with E-state index in [-0.39, 0.29) is 0 Å². The molecule has 0 aliphatic carbocycles. The molecule has 0 radical (unpaired) electrons. The minimum atomic E-state index is -3.55. The third-order valence-electron chi connectivity index (χ3n) is 5.61. The van der Waals surface area contributed by atoms with Gasteiger partial charge in [-0.15, -0.1) is 11.3 Å². The van der Waals surface area contributed by atoms with Crippen LogP contribution in [0.1, 0.15) is 25.8 Å². The summed E-state index contributed by atoms with van der Waals surface area (Å²) in [5, 5.41) is 6.75. The summed E-state index contributed by atoms with van der Waals surface area (Å²) in [6.07, 6.45) is 2.73. The van der Waals surface area contributed by atoms with Crippen LogP contribution in [0.3, 0.4) is 0 Å².